The topological polar surface area (TPSA) is 29.6 Å². The second kappa shape index (κ2) is 19.9. The number of rotatable bonds is 7. The van der Waals surface area contributed by atoms with Crippen molar-refractivity contribution in [2.24, 2.45) is 0 Å². The van der Waals surface area contributed by atoms with Crippen LogP contribution < -0.4 is 16.4 Å². The summed E-state index contributed by atoms with van der Waals surface area (Å²) in [6.07, 6.45) is 0. The van der Waals surface area contributed by atoms with E-state index in [-0.39, 0.29) is 6.71 Å². The van der Waals surface area contributed by atoms with Crippen LogP contribution in [0.4, 0.5) is 0 Å². The second-order valence-electron chi connectivity index (χ2n) is 26.1. The summed E-state index contributed by atoms with van der Waals surface area (Å²) in [7, 11) is 0. The third kappa shape index (κ3) is 6.98. The van der Waals surface area contributed by atoms with Gasteiger partial charge in [-0.3, -0.25) is 0 Å². The first-order valence-electron chi connectivity index (χ1n) is 33.6. The van der Waals surface area contributed by atoms with Gasteiger partial charge in [0.25, 0.3) is 0 Å². The smallest absolute Gasteiger partial charge is 0.248 e. The first-order valence-corrected chi connectivity index (χ1v) is 33.6. The molecular weight excluding hydrogens is 1180 g/mol. The number of benzene rings is 15. The van der Waals surface area contributed by atoms with Crippen LogP contribution in [-0.2, 0) is 0 Å². The molecule has 6 aromatic heterocycles. The summed E-state index contributed by atoms with van der Waals surface area (Å²) >= 11 is 0. The molecule has 0 radical (unpaired) electrons. The molecule has 1 aliphatic heterocycles. The van der Waals surface area contributed by atoms with Gasteiger partial charge in [0, 0.05) is 70.3 Å². The minimum atomic E-state index is -0.335. The number of aromatic nitrogens is 6. The summed E-state index contributed by atoms with van der Waals surface area (Å²) < 4.78 is 16.0. The Morgan fingerprint density at radius 2 is 0.443 bits per heavy atom. The number of para-hydroxylation sites is 11. The van der Waals surface area contributed by atoms with Crippen molar-refractivity contribution < 1.29 is 0 Å². The van der Waals surface area contributed by atoms with Crippen molar-refractivity contribution in [1.29, 1.82) is 0 Å². The van der Waals surface area contributed by atoms with Crippen molar-refractivity contribution in [3.63, 3.8) is 0 Å². The largest absolute Gasteiger partial charge is 0.309 e. The number of fused-ring (bicyclic) bond motifs is 22. The van der Waals surface area contributed by atoms with E-state index in [9.17, 15) is 0 Å². The van der Waals surface area contributed by atoms with Gasteiger partial charge in [-0.15, -0.1) is 0 Å². The molecule has 0 amide bonds. The highest BCUT2D eigenvalue weighted by Gasteiger charge is 2.44. The molecule has 22 rings (SSSR count). The lowest BCUT2D eigenvalue weighted by molar-refractivity contribution is 1.01. The Morgan fingerprint density at radius 1 is 0.175 bits per heavy atom. The van der Waals surface area contributed by atoms with Gasteiger partial charge in [0.2, 0.25) is 6.71 Å². The Hall–Kier alpha value is -12.8. The fourth-order valence-electron chi connectivity index (χ4n) is 17.8. The Labute approximate surface area is 556 Å². The molecule has 448 valence electrons. The normalized spacial score (nSPS) is 12.5. The van der Waals surface area contributed by atoms with E-state index in [2.05, 4.69) is 361 Å². The van der Waals surface area contributed by atoms with Crippen LogP contribution in [0.2, 0.25) is 0 Å². The maximum Gasteiger partial charge on any atom is 0.248 e. The van der Waals surface area contributed by atoms with Crippen molar-refractivity contribution in [3.8, 4) is 45.3 Å². The highest BCUT2D eigenvalue weighted by Crippen LogP contribution is 2.52. The molecule has 1 aliphatic rings. The third-order valence-electron chi connectivity index (χ3n) is 21.5. The lowest BCUT2D eigenvalue weighted by atomic mass is 9.38. The molecule has 0 atom stereocenters. The quantitative estimate of drug-likeness (QED) is 0.142. The van der Waals surface area contributed by atoms with Gasteiger partial charge in [-0.05, 0) is 95.5 Å². The lowest BCUT2D eigenvalue weighted by Gasteiger charge is -2.33. The van der Waals surface area contributed by atoms with Gasteiger partial charge in [0.15, 0.2) is 0 Å². The van der Waals surface area contributed by atoms with E-state index in [1.54, 1.807) is 0 Å². The molecule has 6 nitrogen and oxygen atoms in total. The highest BCUT2D eigenvalue weighted by atomic mass is 15.2. The summed E-state index contributed by atoms with van der Waals surface area (Å²) in [5, 5.41) is 14.1. The molecule has 0 saturated carbocycles. The monoisotopic (exact) mass is 1230 g/mol. The van der Waals surface area contributed by atoms with E-state index in [4.69, 9.17) is 0 Å². The van der Waals surface area contributed by atoms with Gasteiger partial charge in [-0.2, -0.15) is 0 Å². The zero-order valence-electron chi connectivity index (χ0n) is 52.5. The SMILES string of the molecule is c1ccc(-n2c3ccccc3c3c2ccc2c4ccccc4n(-c4c(-n5c6ccccc6c6ccccc65)c(-n5c6ccccc6c6ccccc65)c(B5c6ccccc6-c6ccccc65)c(-n5c6ccccc6c6ccccc65)c4-n4c5ccccc5c5ccccc54)c23)cc1. The van der Waals surface area contributed by atoms with Crippen LogP contribution in [0.3, 0.4) is 0 Å². The van der Waals surface area contributed by atoms with Gasteiger partial charge in [-0.25, -0.2) is 0 Å². The molecule has 0 spiro atoms. The number of hydrogen-bond donors (Lipinski definition) is 0. The third-order valence-corrected chi connectivity index (χ3v) is 21.5. The summed E-state index contributed by atoms with van der Waals surface area (Å²) in [5.41, 5.74) is 26.0. The lowest BCUT2D eigenvalue weighted by Crippen LogP contribution is -2.52. The number of hydrogen-bond acceptors (Lipinski definition) is 0. The van der Waals surface area contributed by atoms with Gasteiger partial charge in [0.1, 0.15) is 0 Å². The molecule has 0 unspecified atom stereocenters. The van der Waals surface area contributed by atoms with E-state index in [0.717, 1.165) is 106 Å². The maximum absolute atomic E-state index is 2.75. The molecule has 97 heavy (non-hydrogen) atoms. The predicted molar refractivity (Wildman–Crippen MR) is 409 cm³/mol. The minimum Gasteiger partial charge on any atom is -0.309 e. The van der Waals surface area contributed by atoms with E-state index < -0.39 is 0 Å². The molecule has 0 bridgehead atoms. The van der Waals surface area contributed by atoms with Gasteiger partial charge in [0.05, 0.1) is 94.6 Å². The standard InChI is InChI=1S/C90H55BN6/c1-2-28-56(29-3-1)92-81-53-27-15-41-69(81)83-82(92)55-54-68-67-40-14-26-52-80(67)97(85(68)83)90-88(95-76-48-22-10-36-63(76)64-37-11-23-49-77(64)95)86(93-72-44-18-6-32-59(72)60-33-7-19-45-73(60)93)84(91-70-42-16-4-30-57(70)58-31-5-17-43-71(58)91)87(94-74-46-20-8-34-61(74)62-35-9-21-47-75(62)94)89(90)96-78-50-24-12-38-65(78)66-39-13-25-51-79(66)96/h1-55H. The Morgan fingerprint density at radius 3 is 0.814 bits per heavy atom. The van der Waals surface area contributed by atoms with E-state index in [0.29, 0.717) is 0 Å². The predicted octanol–water partition coefficient (Wildman–Crippen LogP) is 20.8. The minimum absolute atomic E-state index is 0.335. The van der Waals surface area contributed by atoms with Crippen molar-refractivity contribution in [3.05, 3.63) is 334 Å². The molecule has 0 saturated heterocycles. The highest BCUT2D eigenvalue weighted by molar-refractivity contribution is 7.00. The molecular formula is C90H55BN6. The van der Waals surface area contributed by atoms with Crippen molar-refractivity contribution in [1.82, 2.24) is 27.4 Å². The van der Waals surface area contributed by atoms with Gasteiger partial charge >= 0.3 is 0 Å². The van der Waals surface area contributed by atoms with Crippen LogP contribution in [0.5, 0.6) is 0 Å². The van der Waals surface area contributed by atoms with E-state index >= 15 is 0 Å². The first kappa shape index (κ1) is 52.6. The zero-order chi connectivity index (χ0) is 63.1. The second-order valence-corrected chi connectivity index (χ2v) is 26.1. The van der Waals surface area contributed by atoms with Crippen molar-refractivity contribution in [2.75, 3.05) is 0 Å². The van der Waals surface area contributed by atoms with Crippen LogP contribution in [0.25, 0.3) is 176 Å². The van der Waals surface area contributed by atoms with Crippen molar-refractivity contribution in [2.45, 2.75) is 0 Å². The summed E-state index contributed by atoms with van der Waals surface area (Å²) in [5.74, 6) is 0. The molecule has 7 heterocycles. The van der Waals surface area contributed by atoms with Gasteiger partial charge < -0.3 is 27.4 Å². The Kier molecular flexibility index (Phi) is 10.8. The van der Waals surface area contributed by atoms with Crippen LogP contribution in [-0.4, -0.2) is 34.1 Å². The average Bonchev–Trinajstić information content (AvgIpc) is 1.57. The molecule has 0 aliphatic carbocycles. The van der Waals surface area contributed by atoms with Crippen molar-refractivity contribution >= 4 is 154 Å². The molecule has 15 aromatic carbocycles. The molecule has 21 aromatic rings. The Bertz CT molecular complexity index is 6450. The molecule has 7 heteroatoms. The van der Waals surface area contributed by atoms with E-state index in [1.165, 1.54) is 86.8 Å². The molecule has 0 fully saturated rings. The fraction of sp³-hybridized carbons (Fsp3) is 0. The zero-order valence-corrected chi connectivity index (χ0v) is 52.5. The summed E-state index contributed by atoms with van der Waals surface area (Å²) in [6, 6.07) is 126. The summed E-state index contributed by atoms with van der Waals surface area (Å²) in [4.78, 5) is 0. The van der Waals surface area contributed by atoms with Crippen LogP contribution >= 0.6 is 0 Å². The van der Waals surface area contributed by atoms with Gasteiger partial charge in [-0.1, -0.05) is 266 Å². The van der Waals surface area contributed by atoms with Crippen LogP contribution in [0.15, 0.2) is 334 Å². The van der Waals surface area contributed by atoms with Crippen LogP contribution in [0, 0.1) is 0 Å². The van der Waals surface area contributed by atoms with Crippen LogP contribution in [0.1, 0.15) is 0 Å². The Balaban J connectivity index is 1.14. The maximum atomic E-state index is 2.75. The fourth-order valence-corrected chi connectivity index (χ4v) is 17.8. The van der Waals surface area contributed by atoms with E-state index in [1.807, 2.05) is 0 Å². The molecule has 0 N–H and O–H groups in total. The average molecular weight is 1230 g/mol. The summed E-state index contributed by atoms with van der Waals surface area (Å²) in [6.45, 7) is -0.335. The first-order chi connectivity index (χ1) is 48.3. The number of nitrogens with zero attached hydrogens (tertiary/aromatic N) is 6.